The Morgan fingerprint density at radius 2 is 1.87 bits per heavy atom. The zero-order valence-electron chi connectivity index (χ0n) is 11.1. The first kappa shape index (κ1) is 12.8. The summed E-state index contributed by atoms with van der Waals surface area (Å²) in [4.78, 5) is 0. The third kappa shape index (κ3) is 3.34. The molecule has 1 heteroatoms. The Morgan fingerprint density at radius 3 is 2.33 bits per heavy atom. The second-order valence-corrected chi connectivity index (χ2v) is 6.06. The molecule has 1 nitrogen and oxygen atoms in total. The lowest BCUT2D eigenvalue weighted by molar-refractivity contribution is -0.167. The second kappa shape index (κ2) is 4.29. The van der Waals surface area contributed by atoms with Gasteiger partial charge in [-0.25, -0.2) is 0 Å². The van der Waals surface area contributed by atoms with Crippen LogP contribution in [-0.2, 0) is 4.74 Å². The third-order valence-corrected chi connectivity index (χ3v) is 3.59. The monoisotopic (exact) mass is 210 g/mol. The van der Waals surface area contributed by atoms with E-state index in [9.17, 15) is 0 Å². The van der Waals surface area contributed by atoms with Crippen molar-refractivity contribution in [2.75, 3.05) is 0 Å². The van der Waals surface area contributed by atoms with Crippen LogP contribution in [0.4, 0.5) is 0 Å². The van der Waals surface area contributed by atoms with Gasteiger partial charge in [0.1, 0.15) is 0 Å². The van der Waals surface area contributed by atoms with Crippen molar-refractivity contribution in [3.8, 4) is 0 Å². The van der Waals surface area contributed by atoms with Gasteiger partial charge in [-0.15, -0.1) is 0 Å². The van der Waals surface area contributed by atoms with Gasteiger partial charge < -0.3 is 4.74 Å². The summed E-state index contributed by atoms with van der Waals surface area (Å²) in [5, 5.41) is 0. The molecule has 1 fully saturated rings. The molecule has 1 saturated heterocycles. The van der Waals surface area contributed by atoms with Crippen molar-refractivity contribution in [3.63, 3.8) is 0 Å². The summed E-state index contributed by atoms with van der Waals surface area (Å²) >= 11 is 0. The van der Waals surface area contributed by atoms with Gasteiger partial charge in [0, 0.05) is 0 Å². The van der Waals surface area contributed by atoms with E-state index in [1.807, 2.05) is 0 Å². The zero-order chi connectivity index (χ0) is 11.7. The van der Waals surface area contributed by atoms with E-state index in [0.29, 0.717) is 11.8 Å². The Labute approximate surface area is 94.9 Å². The summed E-state index contributed by atoms with van der Waals surface area (Å²) in [6, 6.07) is 0. The van der Waals surface area contributed by atoms with Crippen molar-refractivity contribution < 1.29 is 4.74 Å². The van der Waals surface area contributed by atoms with E-state index in [-0.39, 0.29) is 11.2 Å². The molecule has 0 spiro atoms. The topological polar surface area (TPSA) is 9.23 Å². The number of hydrogen-bond acceptors (Lipinski definition) is 1. The zero-order valence-corrected chi connectivity index (χ0v) is 11.1. The van der Waals surface area contributed by atoms with Crippen molar-refractivity contribution >= 4 is 0 Å². The lowest BCUT2D eigenvalue weighted by atomic mass is 9.80. The average molecular weight is 210 g/mol. The summed E-state index contributed by atoms with van der Waals surface area (Å²) < 4.78 is 6.24. The number of ether oxygens (including phenoxy) is 1. The van der Waals surface area contributed by atoms with Gasteiger partial charge in [0.15, 0.2) is 0 Å². The number of rotatable bonds is 2. The summed E-state index contributed by atoms with van der Waals surface area (Å²) in [6.07, 6.45) is 6.91. The Kier molecular flexibility index (Phi) is 3.65. The predicted molar refractivity (Wildman–Crippen MR) is 65.9 cm³/mol. The lowest BCUT2D eigenvalue weighted by Gasteiger charge is -2.46. The van der Waals surface area contributed by atoms with Crippen molar-refractivity contribution in [1.82, 2.24) is 0 Å². The SMILES string of the molecule is CC(C)/C=C/C1(C)CCC(C)C(C)(C)O1. The van der Waals surface area contributed by atoms with Gasteiger partial charge in [-0.2, -0.15) is 0 Å². The van der Waals surface area contributed by atoms with Crippen LogP contribution in [-0.4, -0.2) is 11.2 Å². The summed E-state index contributed by atoms with van der Waals surface area (Å²) in [6.45, 7) is 13.3. The predicted octanol–water partition coefficient (Wildman–Crippen LogP) is 4.18. The molecule has 0 saturated carbocycles. The van der Waals surface area contributed by atoms with Crippen LogP contribution in [0.5, 0.6) is 0 Å². The third-order valence-electron chi connectivity index (χ3n) is 3.59. The van der Waals surface area contributed by atoms with Crippen LogP contribution >= 0.6 is 0 Å². The lowest BCUT2D eigenvalue weighted by Crippen LogP contribution is -2.47. The molecule has 1 rings (SSSR count). The van der Waals surface area contributed by atoms with Crippen molar-refractivity contribution in [2.45, 2.75) is 65.6 Å². The smallest absolute Gasteiger partial charge is 0.0842 e. The highest BCUT2D eigenvalue weighted by Crippen LogP contribution is 2.39. The molecule has 1 heterocycles. The molecular formula is C14H26O. The van der Waals surface area contributed by atoms with Crippen LogP contribution in [0.2, 0.25) is 0 Å². The molecule has 1 aliphatic heterocycles. The molecule has 15 heavy (non-hydrogen) atoms. The van der Waals surface area contributed by atoms with Crippen LogP contribution in [0, 0.1) is 11.8 Å². The molecule has 0 aromatic heterocycles. The second-order valence-electron chi connectivity index (χ2n) is 6.06. The fourth-order valence-corrected chi connectivity index (χ4v) is 2.12. The molecule has 2 unspecified atom stereocenters. The number of allylic oxidation sites excluding steroid dienone is 1. The van der Waals surface area contributed by atoms with Gasteiger partial charge >= 0.3 is 0 Å². The summed E-state index contributed by atoms with van der Waals surface area (Å²) in [5.41, 5.74) is -0.0470. The minimum absolute atomic E-state index is 0.00825. The van der Waals surface area contributed by atoms with Crippen molar-refractivity contribution in [2.24, 2.45) is 11.8 Å². The van der Waals surface area contributed by atoms with Gasteiger partial charge in [0.25, 0.3) is 0 Å². The van der Waals surface area contributed by atoms with Gasteiger partial charge in [0.2, 0.25) is 0 Å². The first-order valence-corrected chi connectivity index (χ1v) is 6.15. The Bertz CT molecular complexity index is 240. The van der Waals surface area contributed by atoms with Crippen LogP contribution in [0.1, 0.15) is 54.4 Å². The van der Waals surface area contributed by atoms with E-state index in [1.54, 1.807) is 0 Å². The number of hydrogen-bond donors (Lipinski definition) is 0. The van der Waals surface area contributed by atoms with E-state index in [1.165, 1.54) is 6.42 Å². The highest BCUT2D eigenvalue weighted by Gasteiger charge is 2.40. The normalized spacial score (nSPS) is 36.3. The van der Waals surface area contributed by atoms with Crippen molar-refractivity contribution in [3.05, 3.63) is 12.2 Å². The minimum Gasteiger partial charge on any atom is -0.365 e. The molecule has 88 valence electrons. The molecule has 0 amide bonds. The maximum Gasteiger partial charge on any atom is 0.0842 e. The molecular weight excluding hydrogens is 184 g/mol. The maximum absolute atomic E-state index is 6.24. The highest BCUT2D eigenvalue weighted by atomic mass is 16.5. The van der Waals surface area contributed by atoms with E-state index in [2.05, 4.69) is 53.7 Å². The minimum atomic E-state index is -0.0553. The van der Waals surface area contributed by atoms with E-state index < -0.39 is 0 Å². The Balaban J connectivity index is 2.72. The average Bonchev–Trinajstić information content (AvgIpc) is 2.09. The van der Waals surface area contributed by atoms with E-state index >= 15 is 0 Å². The van der Waals surface area contributed by atoms with Gasteiger partial charge in [-0.1, -0.05) is 32.9 Å². The molecule has 0 aromatic rings. The fourth-order valence-electron chi connectivity index (χ4n) is 2.12. The van der Waals surface area contributed by atoms with Crippen LogP contribution in [0.25, 0.3) is 0 Å². The van der Waals surface area contributed by atoms with E-state index in [4.69, 9.17) is 4.74 Å². The van der Waals surface area contributed by atoms with Gasteiger partial charge in [-0.05, 0) is 45.4 Å². The Morgan fingerprint density at radius 1 is 1.27 bits per heavy atom. The van der Waals surface area contributed by atoms with Gasteiger partial charge in [-0.3, -0.25) is 0 Å². The standard InChI is InChI=1S/C14H26O/c1-11(2)7-9-14(6)10-8-12(3)13(4,5)15-14/h7,9,11-12H,8,10H2,1-6H3/b9-7+. The summed E-state index contributed by atoms with van der Waals surface area (Å²) in [7, 11) is 0. The molecule has 0 aliphatic carbocycles. The summed E-state index contributed by atoms with van der Waals surface area (Å²) in [5.74, 6) is 1.26. The maximum atomic E-state index is 6.24. The van der Waals surface area contributed by atoms with Gasteiger partial charge in [0.05, 0.1) is 11.2 Å². The van der Waals surface area contributed by atoms with Crippen LogP contribution < -0.4 is 0 Å². The molecule has 0 aromatic carbocycles. The molecule has 1 aliphatic rings. The molecule has 0 N–H and O–H groups in total. The largest absolute Gasteiger partial charge is 0.365 e. The molecule has 0 radical (unpaired) electrons. The van der Waals surface area contributed by atoms with E-state index in [0.717, 1.165) is 6.42 Å². The first-order valence-electron chi connectivity index (χ1n) is 6.15. The Hall–Kier alpha value is -0.300. The first-order chi connectivity index (χ1) is 6.75. The van der Waals surface area contributed by atoms with Crippen LogP contribution in [0.3, 0.4) is 0 Å². The van der Waals surface area contributed by atoms with Crippen molar-refractivity contribution in [1.29, 1.82) is 0 Å². The highest BCUT2D eigenvalue weighted by molar-refractivity contribution is 5.05. The molecule has 0 bridgehead atoms. The van der Waals surface area contributed by atoms with Crippen LogP contribution in [0.15, 0.2) is 12.2 Å². The molecule has 2 atom stereocenters. The fraction of sp³-hybridized carbons (Fsp3) is 0.857. The quantitative estimate of drug-likeness (QED) is 0.621.